The maximum absolute atomic E-state index is 15.1. The van der Waals surface area contributed by atoms with Crippen molar-refractivity contribution in [1.82, 2.24) is 20.2 Å². The van der Waals surface area contributed by atoms with Crippen LogP contribution in [0.2, 0.25) is 0 Å². The molecule has 2 amide bonds. The first-order valence-corrected chi connectivity index (χ1v) is 12.3. The smallest absolute Gasteiger partial charge is 0.409 e. The Morgan fingerprint density at radius 3 is 2.89 bits per heavy atom. The first-order valence-electron chi connectivity index (χ1n) is 12.3. The van der Waals surface area contributed by atoms with Crippen LogP contribution in [-0.4, -0.2) is 64.8 Å². The number of amides is 2. The fourth-order valence-corrected chi connectivity index (χ4v) is 4.81. The highest BCUT2D eigenvalue weighted by Gasteiger charge is 2.27. The average Bonchev–Trinajstić information content (AvgIpc) is 2.91. The molecule has 1 saturated heterocycles. The minimum atomic E-state index is -0.737. The zero-order valence-corrected chi connectivity index (χ0v) is 21.0. The number of nitrogen functional groups attached to an aromatic ring is 1. The zero-order chi connectivity index (χ0) is 26.5. The molecule has 3 atom stereocenters. The molecule has 10 heteroatoms. The minimum Gasteiger partial charge on any atom is -0.453 e. The third-order valence-corrected chi connectivity index (χ3v) is 6.82. The number of carbonyl (C=O) groups excluding carboxylic acids is 2. The number of benzene rings is 1. The Morgan fingerprint density at radius 1 is 1.38 bits per heavy atom. The minimum absolute atomic E-state index is 0.0586. The third kappa shape index (κ3) is 5.96. The lowest BCUT2D eigenvalue weighted by molar-refractivity contribution is 0.0920. The van der Waals surface area contributed by atoms with Gasteiger partial charge in [-0.3, -0.25) is 4.79 Å². The van der Waals surface area contributed by atoms with E-state index in [4.69, 9.17) is 10.5 Å². The largest absolute Gasteiger partial charge is 0.453 e. The second-order valence-corrected chi connectivity index (χ2v) is 9.50. The molecule has 196 valence electrons. The van der Waals surface area contributed by atoms with Crippen molar-refractivity contribution in [1.29, 1.82) is 0 Å². The molecule has 0 spiro atoms. The van der Waals surface area contributed by atoms with Crippen LogP contribution >= 0.6 is 0 Å². The predicted molar refractivity (Wildman–Crippen MR) is 137 cm³/mol. The van der Waals surface area contributed by atoms with Crippen LogP contribution in [0.5, 0.6) is 0 Å². The third-order valence-electron chi connectivity index (χ3n) is 6.82. The number of allylic oxidation sites excluding steroid dienone is 3. The van der Waals surface area contributed by atoms with Crippen molar-refractivity contribution >= 4 is 17.8 Å². The molecule has 2 aromatic rings. The highest BCUT2D eigenvalue weighted by molar-refractivity contribution is 5.95. The van der Waals surface area contributed by atoms with Crippen LogP contribution in [0.1, 0.15) is 48.2 Å². The Kier molecular flexibility index (Phi) is 8.17. The van der Waals surface area contributed by atoms with Gasteiger partial charge >= 0.3 is 6.09 Å². The fourth-order valence-electron chi connectivity index (χ4n) is 4.81. The number of nitrogens with two attached hydrogens (primary N) is 1. The normalized spacial score (nSPS) is 20.2. The summed E-state index contributed by atoms with van der Waals surface area (Å²) in [4.78, 5) is 35.3. The van der Waals surface area contributed by atoms with Gasteiger partial charge in [0.1, 0.15) is 17.3 Å². The van der Waals surface area contributed by atoms with Crippen molar-refractivity contribution in [3.63, 3.8) is 0 Å². The molecule has 9 nitrogen and oxygen atoms in total. The van der Waals surface area contributed by atoms with E-state index >= 15 is 4.39 Å². The van der Waals surface area contributed by atoms with E-state index in [0.717, 1.165) is 18.4 Å². The average molecular weight is 510 g/mol. The highest BCUT2D eigenvalue weighted by Crippen LogP contribution is 2.30. The lowest BCUT2D eigenvalue weighted by Crippen LogP contribution is -2.40. The van der Waals surface area contributed by atoms with Crippen molar-refractivity contribution in [3.05, 3.63) is 65.3 Å². The van der Waals surface area contributed by atoms with Gasteiger partial charge in [0.25, 0.3) is 5.91 Å². The van der Waals surface area contributed by atoms with E-state index in [1.807, 2.05) is 25.2 Å². The fraction of sp³-hybridized carbons (Fsp3) is 0.407. The number of piperidine rings is 1. The molecule has 1 fully saturated rings. The van der Waals surface area contributed by atoms with Crippen molar-refractivity contribution < 1.29 is 23.8 Å². The summed E-state index contributed by atoms with van der Waals surface area (Å²) in [6, 6.07) is 3.55. The number of aliphatic hydroxyl groups is 1. The molecular weight excluding hydrogens is 477 g/mol. The number of nitrogens with zero attached hydrogens (tertiary/aromatic N) is 3. The molecule has 1 aromatic carbocycles. The lowest BCUT2D eigenvalue weighted by atomic mass is 9.91. The molecule has 2 aliphatic rings. The number of halogens is 1. The Labute approximate surface area is 215 Å². The zero-order valence-electron chi connectivity index (χ0n) is 21.0. The number of likely N-dealkylation sites (tertiary alicyclic amines) is 1. The molecule has 1 aromatic heterocycles. The number of aromatic nitrogens is 2. The SMILES string of the molecule is COC(=O)N1CCCC(c2cnc(N)c(-c3ccc(C(=O)N[C@H](CO)C4=CC=CC(C)C4)c(F)c3)n2)C1. The molecule has 1 aliphatic heterocycles. The number of hydrogen-bond donors (Lipinski definition) is 3. The van der Waals surface area contributed by atoms with Gasteiger partial charge in [0.2, 0.25) is 0 Å². The molecule has 0 saturated carbocycles. The Bertz CT molecular complexity index is 1230. The summed E-state index contributed by atoms with van der Waals surface area (Å²) in [5.41, 5.74) is 8.15. The van der Waals surface area contributed by atoms with E-state index in [1.54, 1.807) is 17.2 Å². The standard InChI is InChI=1S/C27H32FN5O4/c1-16-5-3-6-17(11-16)23(15-34)32-26(35)20-9-8-18(12-21(20)28)24-25(29)30-13-22(31-24)19-7-4-10-33(14-19)27(36)37-2/h3,5-6,8-9,12-13,16,19,23,34H,4,7,10-11,14-15H2,1-2H3,(H2,29,30)(H,32,35)/t16?,19?,23-/m1/s1. The summed E-state index contributed by atoms with van der Waals surface area (Å²) in [6.45, 7) is 2.81. The van der Waals surface area contributed by atoms with E-state index in [9.17, 15) is 14.7 Å². The van der Waals surface area contributed by atoms with Crippen LogP contribution in [0.3, 0.4) is 0 Å². The van der Waals surface area contributed by atoms with Crippen molar-refractivity contribution in [2.75, 3.05) is 32.5 Å². The van der Waals surface area contributed by atoms with E-state index in [2.05, 4.69) is 15.3 Å². The van der Waals surface area contributed by atoms with Crippen LogP contribution in [0, 0.1) is 11.7 Å². The van der Waals surface area contributed by atoms with Gasteiger partial charge < -0.3 is 25.8 Å². The summed E-state index contributed by atoms with van der Waals surface area (Å²) >= 11 is 0. The number of nitrogens with one attached hydrogen (secondary N) is 1. The molecule has 2 heterocycles. The van der Waals surface area contributed by atoms with Gasteiger partial charge in [-0.05, 0) is 42.9 Å². The first-order chi connectivity index (χ1) is 17.8. The summed E-state index contributed by atoms with van der Waals surface area (Å²) in [7, 11) is 1.35. The Hall–Kier alpha value is -3.79. The molecule has 4 rings (SSSR count). The molecule has 0 bridgehead atoms. The van der Waals surface area contributed by atoms with E-state index in [0.29, 0.717) is 42.4 Å². The van der Waals surface area contributed by atoms with Gasteiger partial charge in [0.05, 0.1) is 37.2 Å². The quantitative estimate of drug-likeness (QED) is 0.544. The van der Waals surface area contributed by atoms with Gasteiger partial charge in [0.15, 0.2) is 0 Å². The molecule has 1 aliphatic carbocycles. The Balaban J connectivity index is 1.53. The topological polar surface area (TPSA) is 131 Å². The van der Waals surface area contributed by atoms with Crippen LogP contribution < -0.4 is 11.1 Å². The lowest BCUT2D eigenvalue weighted by Gasteiger charge is -2.31. The summed E-state index contributed by atoms with van der Waals surface area (Å²) in [5.74, 6) is -0.992. The van der Waals surface area contributed by atoms with Gasteiger partial charge in [-0.15, -0.1) is 0 Å². The highest BCUT2D eigenvalue weighted by atomic mass is 19.1. The second-order valence-electron chi connectivity index (χ2n) is 9.50. The summed E-state index contributed by atoms with van der Waals surface area (Å²) in [5, 5.41) is 12.5. The summed E-state index contributed by atoms with van der Waals surface area (Å²) < 4.78 is 20.0. The van der Waals surface area contributed by atoms with Crippen molar-refractivity contribution in [2.45, 2.75) is 38.1 Å². The number of hydrogen-bond acceptors (Lipinski definition) is 7. The van der Waals surface area contributed by atoms with Crippen molar-refractivity contribution in [2.24, 2.45) is 5.92 Å². The van der Waals surface area contributed by atoms with Gasteiger partial charge in [-0.2, -0.15) is 0 Å². The van der Waals surface area contributed by atoms with Crippen LogP contribution in [0.4, 0.5) is 15.0 Å². The monoisotopic (exact) mass is 509 g/mol. The van der Waals surface area contributed by atoms with E-state index in [-0.39, 0.29) is 23.9 Å². The van der Waals surface area contributed by atoms with Gasteiger partial charge in [-0.25, -0.2) is 19.2 Å². The molecule has 2 unspecified atom stereocenters. The number of carbonyl (C=O) groups is 2. The first kappa shape index (κ1) is 26.3. The Morgan fingerprint density at radius 2 is 2.19 bits per heavy atom. The number of rotatable bonds is 6. The second kappa shape index (κ2) is 11.5. The number of ether oxygens (including phenoxy) is 1. The van der Waals surface area contributed by atoms with E-state index < -0.39 is 23.9 Å². The molecular formula is C27H32FN5O4. The van der Waals surface area contributed by atoms with E-state index in [1.165, 1.54) is 19.2 Å². The maximum Gasteiger partial charge on any atom is 0.409 e. The predicted octanol–water partition coefficient (Wildman–Crippen LogP) is 3.42. The number of aliphatic hydroxyl groups excluding tert-OH is 1. The van der Waals surface area contributed by atoms with Crippen LogP contribution in [0.15, 0.2) is 48.2 Å². The maximum atomic E-state index is 15.1. The van der Waals surface area contributed by atoms with Crippen LogP contribution in [0.25, 0.3) is 11.3 Å². The van der Waals surface area contributed by atoms with Gasteiger partial charge in [0, 0.05) is 24.6 Å². The molecule has 4 N–H and O–H groups in total. The number of methoxy groups -OCH3 is 1. The van der Waals surface area contributed by atoms with Crippen molar-refractivity contribution in [3.8, 4) is 11.3 Å². The van der Waals surface area contributed by atoms with Gasteiger partial charge in [-0.1, -0.05) is 31.2 Å². The number of anilines is 1. The molecule has 0 radical (unpaired) electrons. The van der Waals surface area contributed by atoms with Crippen LogP contribution in [-0.2, 0) is 4.74 Å². The summed E-state index contributed by atoms with van der Waals surface area (Å²) in [6.07, 6.45) is 9.31. The molecule has 37 heavy (non-hydrogen) atoms.